The van der Waals surface area contributed by atoms with Crippen LogP contribution in [0.4, 0.5) is 0 Å². The third kappa shape index (κ3) is 8.75. The molecule has 0 fully saturated rings. The Labute approximate surface area is 345 Å². The second kappa shape index (κ2) is 16.6. The Morgan fingerprint density at radius 2 is 0.932 bits per heavy atom. The molecule has 8 rings (SSSR count). The highest BCUT2D eigenvalue weighted by atomic mass is 16.5. The Morgan fingerprint density at radius 1 is 0.475 bits per heavy atom. The number of ether oxygens (including phenoxy) is 4. The maximum absolute atomic E-state index is 6.81. The minimum atomic E-state index is 0.420. The molecular weight excluding hydrogens is 735 g/mol. The molecule has 298 valence electrons. The first-order chi connectivity index (χ1) is 28.5. The summed E-state index contributed by atoms with van der Waals surface area (Å²) in [6, 6.07) is 30.0. The van der Waals surface area contributed by atoms with Crippen molar-refractivity contribution in [3.8, 4) is 52.2 Å². The molecule has 4 heterocycles. The normalized spacial score (nSPS) is 11.5. The average Bonchev–Trinajstić information content (AvgIpc) is 3.50. The summed E-state index contributed by atoms with van der Waals surface area (Å²) in [4.78, 5) is 18.2. The minimum Gasteiger partial charge on any atom is -0.457 e. The Morgan fingerprint density at radius 3 is 1.36 bits per heavy atom. The van der Waals surface area contributed by atoms with Crippen LogP contribution in [-0.4, -0.2) is 24.5 Å². The van der Waals surface area contributed by atoms with Crippen LogP contribution in [0.15, 0.2) is 116 Å². The number of pyridine rings is 2. The van der Waals surface area contributed by atoms with Gasteiger partial charge in [0.25, 0.3) is 0 Å². The van der Waals surface area contributed by atoms with Gasteiger partial charge in [-0.3, -0.25) is 4.57 Å². The van der Waals surface area contributed by atoms with Crippen LogP contribution in [0, 0.1) is 39.5 Å². The number of hydrogen-bond acceptors (Lipinski definition) is 8. The predicted octanol–water partition coefficient (Wildman–Crippen LogP) is 13.2. The first-order valence-electron chi connectivity index (χ1n) is 20.2. The van der Waals surface area contributed by atoms with Crippen LogP contribution >= 0.6 is 0 Å². The monoisotopic (exact) mass is 783 g/mol. The van der Waals surface area contributed by atoms with Gasteiger partial charge in [0.15, 0.2) is 0 Å². The van der Waals surface area contributed by atoms with Crippen molar-refractivity contribution < 1.29 is 18.9 Å². The van der Waals surface area contributed by atoms with Gasteiger partial charge in [0.1, 0.15) is 34.5 Å². The van der Waals surface area contributed by atoms with Crippen molar-refractivity contribution in [3.05, 3.63) is 149 Å². The van der Waals surface area contributed by atoms with Crippen molar-refractivity contribution in [2.45, 2.75) is 68.2 Å². The van der Waals surface area contributed by atoms with Crippen molar-refractivity contribution in [1.29, 1.82) is 0 Å². The summed E-state index contributed by atoms with van der Waals surface area (Å²) in [5, 5.41) is 2.06. The second-order valence-electron chi connectivity index (χ2n) is 16.1. The molecule has 4 aromatic heterocycles. The summed E-state index contributed by atoms with van der Waals surface area (Å²) < 4.78 is 28.2. The lowest BCUT2D eigenvalue weighted by Crippen LogP contribution is -2.02. The summed E-state index contributed by atoms with van der Waals surface area (Å²) >= 11 is 0. The van der Waals surface area contributed by atoms with Crippen molar-refractivity contribution in [2.75, 3.05) is 0 Å². The van der Waals surface area contributed by atoms with Crippen LogP contribution < -0.4 is 18.9 Å². The Bertz CT molecular complexity index is 2620. The fourth-order valence-electron chi connectivity index (χ4n) is 7.50. The van der Waals surface area contributed by atoms with Gasteiger partial charge in [0.05, 0.1) is 11.0 Å². The first-order valence-corrected chi connectivity index (χ1v) is 20.2. The van der Waals surface area contributed by atoms with Crippen LogP contribution in [0.3, 0.4) is 0 Å². The smallest absolute Gasteiger partial charge is 0.234 e. The summed E-state index contributed by atoms with van der Waals surface area (Å²) in [6.07, 6.45) is 8.72. The van der Waals surface area contributed by atoms with E-state index in [-0.39, 0.29) is 0 Å². The Kier molecular flexibility index (Phi) is 11.0. The predicted molar refractivity (Wildman–Crippen MR) is 234 cm³/mol. The molecule has 9 heteroatoms. The van der Waals surface area contributed by atoms with Crippen molar-refractivity contribution in [2.24, 2.45) is 11.8 Å². The van der Waals surface area contributed by atoms with Crippen LogP contribution in [-0.2, 0) is 12.8 Å². The van der Waals surface area contributed by atoms with E-state index < -0.39 is 0 Å². The topological polar surface area (TPSA) is 93.4 Å². The molecule has 59 heavy (non-hydrogen) atoms. The molecule has 0 N–H and O–H groups in total. The van der Waals surface area contributed by atoms with E-state index in [0.29, 0.717) is 52.5 Å². The van der Waals surface area contributed by atoms with Crippen LogP contribution in [0.1, 0.15) is 61.1 Å². The number of fused-ring (bicyclic) bond motifs is 3. The molecule has 0 atom stereocenters. The van der Waals surface area contributed by atoms with Gasteiger partial charge < -0.3 is 18.9 Å². The number of aromatic nitrogens is 5. The van der Waals surface area contributed by atoms with Crippen LogP contribution in [0.5, 0.6) is 46.3 Å². The molecule has 0 saturated heterocycles. The zero-order valence-electron chi connectivity index (χ0n) is 34.9. The third-order valence-corrected chi connectivity index (χ3v) is 10.2. The van der Waals surface area contributed by atoms with Crippen molar-refractivity contribution >= 4 is 21.8 Å². The van der Waals surface area contributed by atoms with Crippen molar-refractivity contribution in [1.82, 2.24) is 24.5 Å². The Hall–Kier alpha value is -6.74. The summed E-state index contributed by atoms with van der Waals surface area (Å²) in [7, 11) is 0. The molecule has 0 bridgehead atoms. The van der Waals surface area contributed by atoms with Crippen molar-refractivity contribution in [3.63, 3.8) is 0 Å². The minimum absolute atomic E-state index is 0.420. The molecule has 0 amide bonds. The van der Waals surface area contributed by atoms with E-state index in [4.69, 9.17) is 28.9 Å². The molecular formula is C50H49N5O4. The molecule has 0 aliphatic rings. The first kappa shape index (κ1) is 39.1. The van der Waals surface area contributed by atoms with E-state index in [1.165, 1.54) is 0 Å². The van der Waals surface area contributed by atoms with Gasteiger partial charge in [-0.2, -0.15) is 0 Å². The van der Waals surface area contributed by atoms with E-state index in [1.807, 2.05) is 68.4 Å². The van der Waals surface area contributed by atoms with Gasteiger partial charge in [-0.15, -0.1) is 0 Å². The maximum Gasteiger partial charge on any atom is 0.234 e. The molecule has 0 spiro atoms. The zero-order valence-corrected chi connectivity index (χ0v) is 34.9. The van der Waals surface area contributed by atoms with E-state index >= 15 is 0 Å². The maximum atomic E-state index is 6.81. The van der Waals surface area contributed by atoms with Crippen LogP contribution in [0.25, 0.3) is 27.8 Å². The number of hydrogen-bond donors (Lipinski definition) is 0. The quantitative estimate of drug-likeness (QED) is 0.114. The lowest BCUT2D eigenvalue weighted by Gasteiger charge is -2.18. The number of rotatable bonds is 13. The zero-order chi connectivity index (χ0) is 41.2. The summed E-state index contributed by atoms with van der Waals surface area (Å²) in [5.41, 5.74) is 8.40. The fraction of sp³-hybridized carbons (Fsp3) is 0.240. The SMILES string of the molecule is Cc1ccnc(Oc2cc(C)c(CC(C)C)c(Oc3ccc4c5ccc(Oc6cc(Oc7cc(C)ccn7)cc(C)c6CC(C)C)cc5n(-c5ncccn5)c4c3)c2)c1. The molecule has 0 aliphatic carbocycles. The van der Waals surface area contributed by atoms with E-state index in [2.05, 4.69) is 92.5 Å². The van der Waals surface area contributed by atoms with E-state index in [0.717, 1.165) is 79.5 Å². The van der Waals surface area contributed by atoms with Gasteiger partial charge in [-0.05, 0) is 140 Å². The van der Waals surface area contributed by atoms with Gasteiger partial charge >= 0.3 is 0 Å². The number of aryl methyl sites for hydroxylation is 4. The van der Waals surface area contributed by atoms with Gasteiger partial charge in [0.2, 0.25) is 17.7 Å². The lowest BCUT2D eigenvalue weighted by molar-refractivity contribution is 0.442. The largest absolute Gasteiger partial charge is 0.457 e. The van der Waals surface area contributed by atoms with E-state index in [1.54, 1.807) is 24.8 Å². The highest BCUT2D eigenvalue weighted by Crippen LogP contribution is 2.41. The van der Waals surface area contributed by atoms with Gasteiger partial charge in [0, 0.05) is 72.0 Å². The molecule has 9 nitrogen and oxygen atoms in total. The summed E-state index contributed by atoms with van der Waals surface area (Å²) in [5.74, 6) is 6.63. The van der Waals surface area contributed by atoms with E-state index in [9.17, 15) is 0 Å². The average molecular weight is 784 g/mol. The number of benzene rings is 4. The molecule has 4 aromatic carbocycles. The highest BCUT2D eigenvalue weighted by Gasteiger charge is 2.20. The Balaban J connectivity index is 1.20. The number of nitrogens with zero attached hydrogens (tertiary/aromatic N) is 5. The second-order valence-corrected chi connectivity index (χ2v) is 16.1. The molecule has 8 aromatic rings. The van der Waals surface area contributed by atoms with Gasteiger partial charge in [-0.25, -0.2) is 19.9 Å². The third-order valence-electron chi connectivity index (χ3n) is 10.2. The standard InChI is InChI=1S/C50H49N5O4/c1-30(2)20-42-34(7)24-38(58-48-22-32(5)14-18-51-48)28-46(42)56-36-10-12-40-41-13-11-37(27-45(41)55(44(40)26-36)50-53-16-9-17-54-50)57-47-29-39(25-35(8)43(47)21-31(3)4)59-49-23-33(6)15-19-52-49/h9-19,22-31H,20-21H2,1-8H3. The fourth-order valence-corrected chi connectivity index (χ4v) is 7.50. The molecule has 0 unspecified atom stereocenters. The summed E-state index contributed by atoms with van der Waals surface area (Å²) in [6.45, 7) is 17.1. The highest BCUT2D eigenvalue weighted by molar-refractivity contribution is 6.09. The van der Waals surface area contributed by atoms with Gasteiger partial charge in [-0.1, -0.05) is 27.7 Å². The lowest BCUT2D eigenvalue weighted by atomic mass is 9.97. The molecule has 0 aliphatic heterocycles. The molecule has 0 radical (unpaired) electrons. The molecule has 0 saturated carbocycles. The van der Waals surface area contributed by atoms with Crippen LogP contribution in [0.2, 0.25) is 0 Å².